The number of nitrogens with one attached hydrogen (secondary N) is 1. The topological polar surface area (TPSA) is 107 Å². The number of carbonyl (C=O) groups excluding carboxylic acids is 1. The Kier molecular flexibility index (Phi) is 4.53. The number of rotatable bonds is 5. The van der Waals surface area contributed by atoms with Gasteiger partial charge in [0.25, 0.3) is 5.56 Å². The standard InChI is InChI=1S/C21H27FN4O3S/c1-11-15(20-8-21(9-20,10-20)18(23)28)24-16-14(6-13(22)7-26(16)17(11)27)12(2)25-30(29)19(3,4)5/h6-7,12,25H,8-10H2,1-5H3,(H2,23,28)/t12-,20?,21?,30-/m1/s1. The Bertz CT molecular complexity index is 1150. The highest BCUT2D eigenvalue weighted by molar-refractivity contribution is 7.84. The minimum Gasteiger partial charge on any atom is -0.369 e. The molecule has 3 aliphatic carbocycles. The van der Waals surface area contributed by atoms with E-state index < -0.39 is 33.0 Å². The van der Waals surface area contributed by atoms with Crippen molar-refractivity contribution in [1.29, 1.82) is 0 Å². The summed E-state index contributed by atoms with van der Waals surface area (Å²) in [6.45, 7) is 8.98. The van der Waals surface area contributed by atoms with Gasteiger partial charge in [-0.15, -0.1) is 0 Å². The molecular formula is C21H27FN4O3S. The third-order valence-corrected chi connectivity index (χ3v) is 8.19. The molecule has 3 aliphatic rings. The molecule has 3 fully saturated rings. The molecule has 2 bridgehead atoms. The maximum atomic E-state index is 14.4. The van der Waals surface area contributed by atoms with Crippen LogP contribution < -0.4 is 16.0 Å². The highest BCUT2D eigenvalue weighted by Gasteiger charge is 2.72. The summed E-state index contributed by atoms with van der Waals surface area (Å²) >= 11 is 0. The van der Waals surface area contributed by atoms with E-state index >= 15 is 0 Å². The van der Waals surface area contributed by atoms with Crippen LogP contribution in [0.3, 0.4) is 0 Å². The molecule has 3 saturated carbocycles. The second-order valence-corrected chi connectivity index (χ2v) is 11.9. The Morgan fingerprint density at radius 3 is 2.50 bits per heavy atom. The van der Waals surface area contributed by atoms with E-state index in [0.717, 1.165) is 6.20 Å². The molecular weight excluding hydrogens is 407 g/mol. The van der Waals surface area contributed by atoms with E-state index in [9.17, 15) is 18.2 Å². The van der Waals surface area contributed by atoms with Gasteiger partial charge >= 0.3 is 0 Å². The number of aromatic nitrogens is 2. The number of nitrogens with zero attached hydrogens (tertiary/aromatic N) is 2. The van der Waals surface area contributed by atoms with Crippen LogP contribution in [0.25, 0.3) is 5.65 Å². The second-order valence-electron chi connectivity index (χ2n) is 9.87. The molecule has 3 N–H and O–H groups in total. The smallest absolute Gasteiger partial charge is 0.261 e. The molecule has 7 nitrogen and oxygen atoms in total. The molecule has 0 radical (unpaired) electrons. The number of hydrogen-bond acceptors (Lipinski definition) is 4. The average molecular weight is 435 g/mol. The lowest BCUT2D eigenvalue weighted by atomic mass is 9.33. The van der Waals surface area contributed by atoms with Crippen molar-refractivity contribution in [3.63, 3.8) is 0 Å². The number of halogens is 1. The number of fused-ring (bicyclic) bond motifs is 1. The van der Waals surface area contributed by atoms with Crippen LogP contribution in [0.15, 0.2) is 17.1 Å². The summed E-state index contributed by atoms with van der Waals surface area (Å²) in [4.78, 5) is 29.6. The van der Waals surface area contributed by atoms with E-state index in [1.807, 2.05) is 20.8 Å². The van der Waals surface area contributed by atoms with Gasteiger partial charge in [0.1, 0.15) is 11.5 Å². The van der Waals surface area contributed by atoms with Crippen LogP contribution >= 0.6 is 0 Å². The van der Waals surface area contributed by atoms with Gasteiger partial charge in [0, 0.05) is 28.8 Å². The quantitative estimate of drug-likeness (QED) is 0.752. The monoisotopic (exact) mass is 434 g/mol. The first-order valence-electron chi connectivity index (χ1n) is 10.0. The van der Waals surface area contributed by atoms with Crippen molar-refractivity contribution in [3.05, 3.63) is 45.3 Å². The van der Waals surface area contributed by atoms with E-state index in [1.165, 1.54) is 10.5 Å². The number of hydrogen-bond donors (Lipinski definition) is 2. The van der Waals surface area contributed by atoms with Crippen molar-refractivity contribution in [2.45, 2.75) is 70.1 Å². The normalized spacial score (nSPS) is 27.3. The molecule has 162 valence electrons. The summed E-state index contributed by atoms with van der Waals surface area (Å²) in [5.41, 5.74) is 6.32. The van der Waals surface area contributed by atoms with Gasteiger partial charge in [-0.3, -0.25) is 14.0 Å². The summed E-state index contributed by atoms with van der Waals surface area (Å²) in [5.74, 6) is -0.869. The van der Waals surface area contributed by atoms with Crippen LogP contribution in [0.5, 0.6) is 0 Å². The third-order valence-electron chi connectivity index (χ3n) is 6.51. The van der Waals surface area contributed by atoms with Gasteiger partial charge in [0.2, 0.25) is 5.91 Å². The van der Waals surface area contributed by atoms with Crippen LogP contribution in [-0.2, 0) is 21.2 Å². The van der Waals surface area contributed by atoms with Gasteiger partial charge in [-0.2, -0.15) is 0 Å². The highest BCUT2D eigenvalue weighted by Crippen LogP contribution is 2.73. The summed E-state index contributed by atoms with van der Waals surface area (Å²) in [7, 11) is -1.38. The van der Waals surface area contributed by atoms with Crippen molar-refractivity contribution in [3.8, 4) is 0 Å². The van der Waals surface area contributed by atoms with Crippen LogP contribution in [0.1, 0.15) is 69.8 Å². The molecule has 0 aliphatic heterocycles. The molecule has 2 atom stereocenters. The predicted octanol–water partition coefficient (Wildman–Crippen LogP) is 2.16. The zero-order valence-corrected chi connectivity index (χ0v) is 18.7. The summed E-state index contributed by atoms with van der Waals surface area (Å²) < 4.78 is 30.6. The minimum absolute atomic E-state index is 0.301. The molecule has 2 aromatic rings. The minimum atomic E-state index is -1.38. The fourth-order valence-corrected chi connectivity index (χ4v) is 5.66. The Morgan fingerprint density at radius 1 is 1.37 bits per heavy atom. The molecule has 30 heavy (non-hydrogen) atoms. The maximum Gasteiger partial charge on any atom is 0.261 e. The first kappa shape index (κ1) is 21.1. The summed E-state index contributed by atoms with van der Waals surface area (Å²) in [5, 5.41) is 0. The third kappa shape index (κ3) is 2.93. The van der Waals surface area contributed by atoms with E-state index in [2.05, 4.69) is 4.72 Å². The van der Waals surface area contributed by atoms with Crippen LogP contribution in [-0.4, -0.2) is 24.2 Å². The first-order chi connectivity index (χ1) is 13.8. The molecule has 0 unspecified atom stereocenters. The molecule has 0 aromatic carbocycles. The highest BCUT2D eigenvalue weighted by atomic mass is 32.2. The van der Waals surface area contributed by atoms with Gasteiger partial charge in [0.15, 0.2) is 0 Å². The van der Waals surface area contributed by atoms with Crippen molar-refractivity contribution in [1.82, 2.24) is 14.1 Å². The summed E-state index contributed by atoms with van der Waals surface area (Å²) in [6, 6.07) is 0.828. The molecule has 2 heterocycles. The molecule has 0 spiro atoms. The Balaban J connectivity index is 1.81. The van der Waals surface area contributed by atoms with E-state index in [0.29, 0.717) is 41.7 Å². The fraction of sp³-hybridized carbons (Fsp3) is 0.571. The van der Waals surface area contributed by atoms with Gasteiger partial charge in [-0.05, 0) is 59.9 Å². The number of carbonyl (C=O) groups is 1. The predicted molar refractivity (Wildman–Crippen MR) is 113 cm³/mol. The zero-order chi connectivity index (χ0) is 22.2. The number of nitrogens with two attached hydrogens (primary N) is 1. The van der Waals surface area contributed by atoms with E-state index in [1.54, 1.807) is 13.8 Å². The lowest BCUT2D eigenvalue weighted by Crippen LogP contribution is -2.70. The molecule has 0 saturated heterocycles. The number of primary amides is 1. The number of amides is 1. The second kappa shape index (κ2) is 6.43. The largest absolute Gasteiger partial charge is 0.369 e. The van der Waals surface area contributed by atoms with E-state index in [-0.39, 0.29) is 16.9 Å². The van der Waals surface area contributed by atoms with Crippen molar-refractivity contribution < 1.29 is 13.4 Å². The van der Waals surface area contributed by atoms with Gasteiger partial charge in [-0.25, -0.2) is 18.3 Å². The Labute approximate surface area is 176 Å². The Morgan fingerprint density at radius 2 is 1.97 bits per heavy atom. The van der Waals surface area contributed by atoms with Crippen molar-refractivity contribution in [2.75, 3.05) is 0 Å². The Hall–Kier alpha value is -2.13. The molecule has 9 heteroatoms. The number of pyridine rings is 1. The average Bonchev–Trinajstić information content (AvgIpc) is 2.55. The molecule has 5 rings (SSSR count). The van der Waals surface area contributed by atoms with E-state index in [4.69, 9.17) is 10.7 Å². The van der Waals surface area contributed by atoms with Gasteiger partial charge in [-0.1, -0.05) is 0 Å². The SMILES string of the molecule is Cc1c(C23CC(C(N)=O)(C2)C3)nc2c([C@@H](C)N[S@](=O)C(C)(C)C)cc(F)cn2c1=O. The maximum absolute atomic E-state index is 14.4. The lowest BCUT2D eigenvalue weighted by molar-refractivity contribution is -0.173. The van der Waals surface area contributed by atoms with Crippen molar-refractivity contribution >= 4 is 22.5 Å². The molecule has 1 amide bonds. The van der Waals surface area contributed by atoms with Crippen LogP contribution in [0.4, 0.5) is 4.39 Å². The molecule has 2 aromatic heterocycles. The van der Waals surface area contributed by atoms with Gasteiger partial charge in [0.05, 0.1) is 26.8 Å². The first-order valence-corrected chi connectivity index (χ1v) is 11.2. The van der Waals surface area contributed by atoms with Gasteiger partial charge < -0.3 is 5.73 Å². The lowest BCUT2D eigenvalue weighted by Gasteiger charge is -2.68. The summed E-state index contributed by atoms with van der Waals surface area (Å²) in [6.07, 6.45) is 2.91. The van der Waals surface area contributed by atoms with Crippen LogP contribution in [0, 0.1) is 18.2 Å². The van der Waals surface area contributed by atoms with Crippen molar-refractivity contribution in [2.24, 2.45) is 11.1 Å². The fourth-order valence-electron chi connectivity index (χ4n) is 4.86. The van der Waals surface area contributed by atoms with Crippen LogP contribution in [0.2, 0.25) is 0 Å². The zero-order valence-electron chi connectivity index (χ0n) is 17.8.